The number of nitrogens with one attached hydrogen (secondary N) is 1. The zero-order chi connectivity index (χ0) is 12.8. The normalized spacial score (nSPS) is 10.9. The zero-order valence-corrected chi connectivity index (χ0v) is 12.0. The van der Waals surface area contributed by atoms with E-state index in [0.717, 1.165) is 25.2 Å². The molecule has 0 spiro atoms. The summed E-state index contributed by atoms with van der Waals surface area (Å²) in [6.07, 6.45) is 0. The van der Waals surface area contributed by atoms with Gasteiger partial charge in [0.05, 0.1) is 11.6 Å². The Morgan fingerprint density at radius 1 is 1.41 bits per heavy atom. The number of phenolic OH excluding ortho intramolecular Hbond substituents is 1. The molecule has 1 aromatic rings. The van der Waals surface area contributed by atoms with E-state index in [4.69, 9.17) is 4.74 Å². The molecule has 0 heterocycles. The highest BCUT2D eigenvalue weighted by Crippen LogP contribution is 2.35. The minimum Gasteiger partial charge on any atom is -0.503 e. The van der Waals surface area contributed by atoms with E-state index in [1.54, 1.807) is 7.11 Å². The van der Waals surface area contributed by atoms with Crippen LogP contribution in [0.4, 0.5) is 0 Å². The number of likely N-dealkylation sites (N-methyl/N-ethyl adjacent to an activating group) is 1. The first-order chi connectivity index (χ1) is 8.04. The lowest BCUT2D eigenvalue weighted by molar-refractivity contribution is 0.371. The Kier molecular flexibility index (Phi) is 5.74. The molecule has 96 valence electrons. The molecule has 0 aliphatic carbocycles. The van der Waals surface area contributed by atoms with Gasteiger partial charge < -0.3 is 20.1 Å². The minimum atomic E-state index is 0.143. The molecule has 0 bridgehead atoms. The van der Waals surface area contributed by atoms with Gasteiger partial charge in [0.15, 0.2) is 11.5 Å². The molecule has 5 heteroatoms. The summed E-state index contributed by atoms with van der Waals surface area (Å²) in [5.41, 5.74) is 1.07. The Balaban J connectivity index is 2.57. The number of rotatable bonds is 6. The lowest BCUT2D eigenvalue weighted by atomic mass is 10.2. The predicted molar refractivity (Wildman–Crippen MR) is 72.6 cm³/mol. The maximum absolute atomic E-state index is 9.67. The van der Waals surface area contributed by atoms with Crippen LogP contribution >= 0.6 is 15.9 Å². The highest BCUT2D eigenvalue weighted by molar-refractivity contribution is 9.10. The Morgan fingerprint density at radius 2 is 2.12 bits per heavy atom. The Bertz CT molecular complexity index is 370. The van der Waals surface area contributed by atoms with Crippen molar-refractivity contribution in [2.45, 2.75) is 6.54 Å². The van der Waals surface area contributed by atoms with Crippen molar-refractivity contribution in [3.05, 3.63) is 22.2 Å². The SMILES string of the molecule is COc1cc(CNCCN(C)C)cc(Br)c1O. The van der Waals surface area contributed by atoms with E-state index in [9.17, 15) is 5.11 Å². The fraction of sp³-hybridized carbons (Fsp3) is 0.500. The molecule has 0 atom stereocenters. The van der Waals surface area contributed by atoms with Gasteiger partial charge in [-0.1, -0.05) is 0 Å². The van der Waals surface area contributed by atoms with Crippen LogP contribution in [0.3, 0.4) is 0 Å². The number of hydrogen-bond acceptors (Lipinski definition) is 4. The number of ether oxygens (including phenoxy) is 1. The highest BCUT2D eigenvalue weighted by atomic mass is 79.9. The van der Waals surface area contributed by atoms with Gasteiger partial charge in [0, 0.05) is 19.6 Å². The van der Waals surface area contributed by atoms with Gasteiger partial charge in [0.1, 0.15) is 0 Å². The number of benzene rings is 1. The third-order valence-corrected chi connectivity index (χ3v) is 2.98. The monoisotopic (exact) mass is 302 g/mol. The highest BCUT2D eigenvalue weighted by Gasteiger charge is 2.08. The molecule has 0 saturated heterocycles. The van der Waals surface area contributed by atoms with Crippen molar-refractivity contribution in [1.82, 2.24) is 10.2 Å². The van der Waals surface area contributed by atoms with Crippen LogP contribution in [0.2, 0.25) is 0 Å². The van der Waals surface area contributed by atoms with Crippen LogP contribution in [0.5, 0.6) is 11.5 Å². The summed E-state index contributed by atoms with van der Waals surface area (Å²) in [5, 5.41) is 13.0. The first kappa shape index (κ1) is 14.3. The van der Waals surface area contributed by atoms with Gasteiger partial charge in [-0.05, 0) is 47.7 Å². The van der Waals surface area contributed by atoms with Gasteiger partial charge in [0.2, 0.25) is 0 Å². The molecular formula is C12H19BrN2O2. The third kappa shape index (κ3) is 4.53. The summed E-state index contributed by atoms with van der Waals surface area (Å²) >= 11 is 3.30. The second kappa shape index (κ2) is 6.83. The Hall–Kier alpha value is -0.780. The molecule has 0 amide bonds. The van der Waals surface area contributed by atoms with Crippen LogP contribution in [0.1, 0.15) is 5.56 Å². The second-order valence-corrected chi connectivity index (χ2v) is 4.96. The average molecular weight is 303 g/mol. The van der Waals surface area contributed by atoms with E-state index >= 15 is 0 Å². The molecule has 17 heavy (non-hydrogen) atoms. The first-order valence-electron chi connectivity index (χ1n) is 5.45. The third-order valence-electron chi connectivity index (χ3n) is 2.37. The van der Waals surface area contributed by atoms with Crippen LogP contribution in [0, 0.1) is 0 Å². The minimum absolute atomic E-state index is 0.143. The summed E-state index contributed by atoms with van der Waals surface area (Å²) in [6.45, 7) is 2.67. The Morgan fingerprint density at radius 3 is 2.71 bits per heavy atom. The van der Waals surface area contributed by atoms with Crippen LogP contribution in [-0.4, -0.2) is 44.3 Å². The molecular weight excluding hydrogens is 284 g/mol. The molecule has 0 fully saturated rings. The van der Waals surface area contributed by atoms with Crippen LogP contribution < -0.4 is 10.1 Å². The van der Waals surface area contributed by atoms with Crippen molar-refractivity contribution in [3.63, 3.8) is 0 Å². The molecule has 1 rings (SSSR count). The summed E-state index contributed by atoms with van der Waals surface area (Å²) < 4.78 is 5.75. The van der Waals surface area contributed by atoms with Crippen molar-refractivity contribution in [1.29, 1.82) is 0 Å². The van der Waals surface area contributed by atoms with Gasteiger partial charge in [-0.15, -0.1) is 0 Å². The number of hydrogen-bond donors (Lipinski definition) is 2. The first-order valence-corrected chi connectivity index (χ1v) is 6.24. The number of nitrogens with zero attached hydrogens (tertiary/aromatic N) is 1. The molecule has 0 radical (unpaired) electrons. The smallest absolute Gasteiger partial charge is 0.172 e. The lowest BCUT2D eigenvalue weighted by Crippen LogP contribution is -2.26. The topological polar surface area (TPSA) is 44.7 Å². The van der Waals surface area contributed by atoms with Gasteiger partial charge in [-0.3, -0.25) is 0 Å². The number of aromatic hydroxyl groups is 1. The van der Waals surface area contributed by atoms with Crippen LogP contribution in [0.25, 0.3) is 0 Å². The quantitative estimate of drug-likeness (QED) is 0.787. The van der Waals surface area contributed by atoms with Crippen molar-refractivity contribution in [3.8, 4) is 11.5 Å². The van der Waals surface area contributed by atoms with Crippen molar-refractivity contribution in [2.75, 3.05) is 34.3 Å². The van der Waals surface area contributed by atoms with E-state index in [1.165, 1.54) is 0 Å². The molecule has 2 N–H and O–H groups in total. The molecule has 4 nitrogen and oxygen atoms in total. The fourth-order valence-corrected chi connectivity index (χ4v) is 1.91. The van der Waals surface area contributed by atoms with E-state index in [-0.39, 0.29) is 5.75 Å². The largest absolute Gasteiger partial charge is 0.503 e. The Labute approximate surface area is 111 Å². The van der Waals surface area contributed by atoms with Crippen LogP contribution in [0.15, 0.2) is 16.6 Å². The molecule has 1 aromatic carbocycles. The van der Waals surface area contributed by atoms with E-state index in [0.29, 0.717) is 10.2 Å². The molecule has 0 unspecified atom stereocenters. The van der Waals surface area contributed by atoms with Gasteiger partial charge >= 0.3 is 0 Å². The second-order valence-electron chi connectivity index (χ2n) is 4.11. The fourth-order valence-electron chi connectivity index (χ4n) is 1.42. The van der Waals surface area contributed by atoms with Crippen molar-refractivity contribution >= 4 is 15.9 Å². The molecule has 0 aliphatic rings. The molecule has 0 aromatic heterocycles. The van der Waals surface area contributed by atoms with E-state index < -0.39 is 0 Å². The summed E-state index contributed by atoms with van der Waals surface area (Å²) in [7, 11) is 5.63. The maximum atomic E-state index is 9.67. The zero-order valence-electron chi connectivity index (χ0n) is 10.5. The number of phenols is 1. The predicted octanol–water partition coefficient (Wildman–Crippen LogP) is 1.81. The average Bonchev–Trinajstić information content (AvgIpc) is 2.28. The van der Waals surface area contributed by atoms with E-state index in [1.807, 2.05) is 26.2 Å². The molecule has 0 aliphatic heterocycles. The summed E-state index contributed by atoms with van der Waals surface area (Å²) in [6, 6.07) is 3.73. The van der Waals surface area contributed by atoms with Gasteiger partial charge in [0.25, 0.3) is 0 Å². The van der Waals surface area contributed by atoms with Crippen LogP contribution in [-0.2, 0) is 6.54 Å². The van der Waals surface area contributed by atoms with E-state index in [2.05, 4.69) is 26.1 Å². The summed E-state index contributed by atoms with van der Waals surface area (Å²) in [4.78, 5) is 2.13. The van der Waals surface area contributed by atoms with Crippen molar-refractivity contribution < 1.29 is 9.84 Å². The summed E-state index contributed by atoms with van der Waals surface area (Å²) in [5.74, 6) is 0.633. The maximum Gasteiger partial charge on any atom is 0.172 e. The van der Waals surface area contributed by atoms with Gasteiger partial charge in [-0.25, -0.2) is 0 Å². The van der Waals surface area contributed by atoms with Gasteiger partial charge in [-0.2, -0.15) is 0 Å². The number of halogens is 1. The lowest BCUT2D eigenvalue weighted by Gasteiger charge is -2.12. The number of methoxy groups -OCH3 is 1. The molecule has 0 saturated carbocycles. The standard InChI is InChI=1S/C12H19BrN2O2/c1-15(2)5-4-14-8-9-6-10(13)12(16)11(7-9)17-3/h6-7,14,16H,4-5,8H2,1-3H3. The van der Waals surface area contributed by atoms with Crippen molar-refractivity contribution in [2.24, 2.45) is 0 Å².